The monoisotopic (exact) mass is 261 g/mol. The van der Waals surface area contributed by atoms with Crippen LogP contribution in [0, 0.1) is 0 Å². The fourth-order valence-corrected chi connectivity index (χ4v) is 7.77. The standard InChI is InChI=1S/C17H26P/c1-3-9-15(10-4-1)18(17-13-7-8-14-17)16-11-5-2-6-12-16/h7-8,13-16H,1-6,9-12H2/q-1. The maximum Gasteiger partial charge on any atom is -0.0280 e. The van der Waals surface area contributed by atoms with E-state index in [0.717, 1.165) is 11.3 Å². The summed E-state index contributed by atoms with van der Waals surface area (Å²) in [4.78, 5) is 0. The van der Waals surface area contributed by atoms with E-state index in [1.165, 1.54) is 64.2 Å². The molecule has 0 nitrogen and oxygen atoms in total. The van der Waals surface area contributed by atoms with E-state index in [4.69, 9.17) is 0 Å². The molecule has 0 aliphatic heterocycles. The van der Waals surface area contributed by atoms with Gasteiger partial charge in [0, 0.05) is 0 Å². The average Bonchev–Trinajstić information content (AvgIpc) is 2.95. The van der Waals surface area contributed by atoms with Gasteiger partial charge in [-0.15, -0.1) is 7.92 Å². The molecule has 0 saturated heterocycles. The van der Waals surface area contributed by atoms with Gasteiger partial charge in [-0.1, -0.05) is 38.5 Å². The highest BCUT2D eigenvalue weighted by Crippen LogP contribution is 2.54. The Labute approximate surface area is 113 Å². The van der Waals surface area contributed by atoms with Crippen LogP contribution < -0.4 is 5.30 Å². The molecule has 2 aliphatic rings. The van der Waals surface area contributed by atoms with Gasteiger partial charge in [0.1, 0.15) is 0 Å². The Morgan fingerprint density at radius 1 is 0.833 bits per heavy atom. The minimum absolute atomic E-state index is 0.145. The summed E-state index contributed by atoms with van der Waals surface area (Å²) in [6.07, 6.45) is 15.1. The lowest BCUT2D eigenvalue weighted by atomic mass is 9.99. The van der Waals surface area contributed by atoms with Gasteiger partial charge in [-0.2, -0.15) is 23.5 Å². The molecular formula is C17H26P-. The fraction of sp³-hybridized carbons (Fsp3) is 0.706. The molecule has 0 amide bonds. The number of hydrogen-bond donors (Lipinski definition) is 0. The molecule has 1 aromatic carbocycles. The van der Waals surface area contributed by atoms with E-state index in [-0.39, 0.29) is 7.92 Å². The molecule has 1 heteroatoms. The van der Waals surface area contributed by atoms with Crippen molar-refractivity contribution >= 4 is 13.2 Å². The zero-order chi connectivity index (χ0) is 12.2. The van der Waals surface area contributed by atoms with Crippen LogP contribution in [0.25, 0.3) is 0 Å². The van der Waals surface area contributed by atoms with E-state index in [1.54, 1.807) is 5.30 Å². The third-order valence-corrected chi connectivity index (χ3v) is 8.38. The van der Waals surface area contributed by atoms with Crippen molar-refractivity contribution in [3.63, 3.8) is 0 Å². The van der Waals surface area contributed by atoms with Crippen molar-refractivity contribution in [2.75, 3.05) is 0 Å². The van der Waals surface area contributed by atoms with Gasteiger partial charge in [-0.25, -0.2) is 6.07 Å². The van der Waals surface area contributed by atoms with Crippen LogP contribution in [-0.4, -0.2) is 11.3 Å². The highest BCUT2D eigenvalue weighted by molar-refractivity contribution is 7.67. The first-order valence-electron chi connectivity index (χ1n) is 7.95. The van der Waals surface area contributed by atoms with Crippen LogP contribution in [0.4, 0.5) is 0 Å². The predicted octanol–water partition coefficient (Wildman–Crippen LogP) is 5.18. The summed E-state index contributed by atoms with van der Waals surface area (Å²) in [5.41, 5.74) is 2.11. The van der Waals surface area contributed by atoms with Crippen LogP contribution in [0.5, 0.6) is 0 Å². The Hall–Kier alpha value is -0.220. The second kappa shape index (κ2) is 6.29. The lowest BCUT2D eigenvalue weighted by Gasteiger charge is -2.41. The summed E-state index contributed by atoms with van der Waals surface area (Å²) in [7, 11) is 0.145. The molecule has 3 rings (SSSR count). The average molecular weight is 261 g/mol. The molecule has 2 aliphatic carbocycles. The van der Waals surface area contributed by atoms with E-state index < -0.39 is 0 Å². The lowest BCUT2D eigenvalue weighted by Crippen LogP contribution is -2.25. The summed E-state index contributed by atoms with van der Waals surface area (Å²) in [6.45, 7) is 0. The Bertz CT molecular complexity index is 311. The van der Waals surface area contributed by atoms with Gasteiger partial charge in [0.25, 0.3) is 0 Å². The van der Waals surface area contributed by atoms with Gasteiger partial charge in [0.2, 0.25) is 0 Å². The molecule has 0 unspecified atom stereocenters. The van der Waals surface area contributed by atoms with Gasteiger partial charge < -0.3 is 0 Å². The number of hydrogen-bond acceptors (Lipinski definition) is 0. The maximum absolute atomic E-state index is 2.43. The van der Waals surface area contributed by atoms with Crippen molar-refractivity contribution < 1.29 is 0 Å². The first kappa shape index (κ1) is 12.8. The molecule has 0 N–H and O–H groups in total. The Morgan fingerprint density at radius 3 is 1.83 bits per heavy atom. The summed E-state index contributed by atoms with van der Waals surface area (Å²) in [5, 5.41) is 1.73. The van der Waals surface area contributed by atoms with Gasteiger partial charge in [0.05, 0.1) is 0 Å². The van der Waals surface area contributed by atoms with Gasteiger partial charge >= 0.3 is 0 Å². The van der Waals surface area contributed by atoms with Gasteiger partial charge in [0.15, 0.2) is 0 Å². The fourth-order valence-electron chi connectivity index (χ4n) is 3.97. The highest BCUT2D eigenvalue weighted by atomic mass is 31.1. The largest absolute Gasteiger partial charge is 0.206 e. The molecule has 0 atom stereocenters. The van der Waals surface area contributed by atoms with Crippen molar-refractivity contribution in [1.82, 2.24) is 0 Å². The molecule has 0 aromatic heterocycles. The molecule has 0 spiro atoms. The highest BCUT2D eigenvalue weighted by Gasteiger charge is 2.28. The Balaban J connectivity index is 1.78. The molecule has 0 heterocycles. The summed E-state index contributed by atoms with van der Waals surface area (Å²) < 4.78 is 0. The second-order valence-electron chi connectivity index (χ2n) is 6.13. The Kier molecular flexibility index (Phi) is 4.47. The first-order chi connectivity index (χ1) is 8.95. The van der Waals surface area contributed by atoms with Crippen LogP contribution in [0.1, 0.15) is 64.2 Å². The minimum Gasteiger partial charge on any atom is -0.206 e. The topological polar surface area (TPSA) is 0 Å². The van der Waals surface area contributed by atoms with Crippen molar-refractivity contribution in [3.8, 4) is 0 Å². The van der Waals surface area contributed by atoms with Crippen LogP contribution >= 0.6 is 7.92 Å². The van der Waals surface area contributed by atoms with Crippen LogP contribution in [-0.2, 0) is 0 Å². The van der Waals surface area contributed by atoms with E-state index in [2.05, 4.69) is 24.3 Å². The SMILES string of the molecule is c1cc(P(C2CCCCC2)C2CCCCC2)c[cH-]1. The molecule has 0 bridgehead atoms. The van der Waals surface area contributed by atoms with E-state index in [1.807, 2.05) is 0 Å². The summed E-state index contributed by atoms with van der Waals surface area (Å²) in [6, 6.07) is 9.37. The molecule has 18 heavy (non-hydrogen) atoms. The molecule has 2 fully saturated rings. The third-order valence-electron chi connectivity index (χ3n) is 4.88. The maximum atomic E-state index is 2.43. The zero-order valence-corrected chi connectivity index (χ0v) is 12.4. The molecule has 100 valence electrons. The molecule has 0 radical (unpaired) electrons. The van der Waals surface area contributed by atoms with Crippen molar-refractivity contribution in [2.45, 2.75) is 75.5 Å². The van der Waals surface area contributed by atoms with Crippen molar-refractivity contribution in [2.24, 2.45) is 0 Å². The van der Waals surface area contributed by atoms with Crippen LogP contribution in [0.15, 0.2) is 24.3 Å². The van der Waals surface area contributed by atoms with E-state index in [9.17, 15) is 0 Å². The van der Waals surface area contributed by atoms with Crippen LogP contribution in [0.3, 0.4) is 0 Å². The zero-order valence-electron chi connectivity index (χ0n) is 11.5. The van der Waals surface area contributed by atoms with Gasteiger partial charge in [-0.3, -0.25) is 0 Å². The Morgan fingerprint density at radius 2 is 1.39 bits per heavy atom. The second-order valence-corrected chi connectivity index (χ2v) is 8.93. The van der Waals surface area contributed by atoms with Crippen molar-refractivity contribution in [1.29, 1.82) is 0 Å². The summed E-state index contributed by atoms with van der Waals surface area (Å²) in [5.74, 6) is 0. The molecular weight excluding hydrogens is 235 g/mol. The van der Waals surface area contributed by atoms with E-state index in [0.29, 0.717) is 0 Å². The van der Waals surface area contributed by atoms with Gasteiger partial charge in [-0.05, 0) is 37.0 Å². The quantitative estimate of drug-likeness (QED) is 0.519. The number of rotatable bonds is 3. The smallest absolute Gasteiger partial charge is 0.0280 e. The first-order valence-corrected chi connectivity index (χ1v) is 9.43. The minimum atomic E-state index is 0.145. The normalized spacial score (nSPS) is 23.6. The van der Waals surface area contributed by atoms with Crippen LogP contribution in [0.2, 0.25) is 0 Å². The van der Waals surface area contributed by atoms with Crippen molar-refractivity contribution in [3.05, 3.63) is 24.3 Å². The molecule has 1 aromatic rings. The summed E-state index contributed by atoms with van der Waals surface area (Å²) >= 11 is 0. The third kappa shape index (κ3) is 2.85. The van der Waals surface area contributed by atoms with E-state index >= 15 is 0 Å². The molecule has 2 saturated carbocycles. The lowest BCUT2D eigenvalue weighted by molar-refractivity contribution is 0.487. The predicted molar refractivity (Wildman–Crippen MR) is 82.3 cm³/mol.